The first-order chi connectivity index (χ1) is 9.52. The first-order valence-corrected chi connectivity index (χ1v) is 7.02. The van der Waals surface area contributed by atoms with E-state index in [1.807, 2.05) is 19.9 Å². The minimum absolute atomic E-state index is 0.136. The highest BCUT2D eigenvalue weighted by Gasteiger charge is 2.21. The van der Waals surface area contributed by atoms with Gasteiger partial charge in [-0.25, -0.2) is 0 Å². The van der Waals surface area contributed by atoms with E-state index < -0.39 is 0 Å². The van der Waals surface area contributed by atoms with Crippen LogP contribution in [-0.2, 0) is 4.79 Å². The van der Waals surface area contributed by atoms with Gasteiger partial charge in [0.15, 0.2) is 0 Å². The van der Waals surface area contributed by atoms with Crippen molar-refractivity contribution in [1.29, 1.82) is 5.26 Å². The zero-order chi connectivity index (χ0) is 14.7. The van der Waals surface area contributed by atoms with Crippen molar-refractivity contribution in [3.05, 3.63) is 40.0 Å². The topological polar surface area (TPSA) is 44.1 Å². The van der Waals surface area contributed by atoms with Crippen LogP contribution in [0.4, 0.5) is 0 Å². The Bertz CT molecular complexity index is 602. The average molecular weight is 268 g/mol. The number of amides is 1. The summed E-state index contributed by atoms with van der Waals surface area (Å²) in [4.78, 5) is 14.0. The van der Waals surface area contributed by atoms with Crippen LogP contribution in [0.2, 0.25) is 0 Å². The van der Waals surface area contributed by atoms with Gasteiger partial charge in [0, 0.05) is 13.1 Å². The van der Waals surface area contributed by atoms with Crippen molar-refractivity contribution >= 4 is 12.0 Å². The Hall–Kier alpha value is -2.08. The van der Waals surface area contributed by atoms with Gasteiger partial charge in [0.05, 0.1) is 0 Å². The number of carbonyl (C=O) groups excluding carboxylic acids is 1. The summed E-state index contributed by atoms with van der Waals surface area (Å²) in [6, 6.07) is 6.19. The summed E-state index contributed by atoms with van der Waals surface area (Å²) >= 11 is 0. The summed E-state index contributed by atoms with van der Waals surface area (Å²) in [7, 11) is 0. The zero-order valence-electron chi connectivity index (χ0n) is 12.4. The normalized spacial score (nSPS) is 15.3. The van der Waals surface area contributed by atoms with Gasteiger partial charge in [0.2, 0.25) is 0 Å². The number of carbonyl (C=O) groups is 1. The molecule has 0 radical (unpaired) electrons. The lowest BCUT2D eigenvalue weighted by Gasteiger charge is -2.14. The van der Waals surface area contributed by atoms with Crippen LogP contribution in [0.5, 0.6) is 0 Å². The Morgan fingerprint density at radius 3 is 2.35 bits per heavy atom. The van der Waals surface area contributed by atoms with E-state index in [1.165, 1.54) is 11.1 Å². The van der Waals surface area contributed by atoms with Crippen molar-refractivity contribution < 1.29 is 4.79 Å². The molecule has 3 nitrogen and oxygen atoms in total. The van der Waals surface area contributed by atoms with Gasteiger partial charge in [-0.15, -0.1) is 0 Å². The lowest BCUT2D eigenvalue weighted by Crippen LogP contribution is -2.28. The fraction of sp³-hybridized carbons (Fsp3) is 0.412. The number of nitriles is 1. The highest BCUT2D eigenvalue weighted by atomic mass is 16.2. The van der Waals surface area contributed by atoms with E-state index in [0.29, 0.717) is 0 Å². The molecule has 0 saturated carbocycles. The van der Waals surface area contributed by atoms with E-state index in [1.54, 1.807) is 11.0 Å². The Morgan fingerprint density at radius 2 is 1.75 bits per heavy atom. The minimum atomic E-state index is -0.136. The van der Waals surface area contributed by atoms with Crippen LogP contribution in [0.15, 0.2) is 17.7 Å². The van der Waals surface area contributed by atoms with Gasteiger partial charge in [-0.2, -0.15) is 5.26 Å². The van der Waals surface area contributed by atoms with Crippen molar-refractivity contribution in [1.82, 2.24) is 4.90 Å². The number of hydrogen-bond donors (Lipinski definition) is 0. The molecule has 0 spiro atoms. The smallest absolute Gasteiger partial charge is 0.264 e. The van der Waals surface area contributed by atoms with Gasteiger partial charge in [-0.1, -0.05) is 12.1 Å². The molecular formula is C17H20N2O. The highest BCUT2D eigenvalue weighted by Crippen LogP contribution is 2.19. The van der Waals surface area contributed by atoms with Gasteiger partial charge in [-0.3, -0.25) is 4.79 Å². The Morgan fingerprint density at radius 1 is 1.15 bits per heavy atom. The van der Waals surface area contributed by atoms with E-state index in [4.69, 9.17) is 0 Å². The van der Waals surface area contributed by atoms with Gasteiger partial charge in [0.25, 0.3) is 5.91 Å². The molecule has 0 N–H and O–H groups in total. The number of likely N-dealkylation sites (tertiary alicyclic amines) is 1. The summed E-state index contributed by atoms with van der Waals surface area (Å²) < 4.78 is 0. The second-order valence-corrected chi connectivity index (χ2v) is 5.46. The molecule has 3 heteroatoms. The number of hydrogen-bond acceptors (Lipinski definition) is 2. The molecule has 1 aromatic rings. The fourth-order valence-corrected chi connectivity index (χ4v) is 2.53. The molecule has 1 amide bonds. The molecule has 1 heterocycles. The minimum Gasteiger partial charge on any atom is -0.338 e. The Kier molecular flexibility index (Phi) is 4.24. The summed E-state index contributed by atoms with van der Waals surface area (Å²) in [5, 5.41) is 9.27. The van der Waals surface area contributed by atoms with Crippen LogP contribution in [0.3, 0.4) is 0 Å². The summed E-state index contributed by atoms with van der Waals surface area (Å²) in [6.07, 6.45) is 3.79. The fourth-order valence-electron chi connectivity index (χ4n) is 2.53. The molecular weight excluding hydrogens is 248 g/mol. The first kappa shape index (κ1) is 14.3. The maximum Gasteiger partial charge on any atom is 0.264 e. The molecule has 20 heavy (non-hydrogen) atoms. The van der Waals surface area contributed by atoms with E-state index in [9.17, 15) is 10.1 Å². The predicted octanol–water partition coefficient (Wildman–Crippen LogP) is 3.14. The van der Waals surface area contributed by atoms with Gasteiger partial charge in [-0.05, 0) is 61.9 Å². The maximum atomic E-state index is 12.3. The molecule has 1 aromatic carbocycles. The van der Waals surface area contributed by atoms with Gasteiger partial charge in [0.1, 0.15) is 11.6 Å². The van der Waals surface area contributed by atoms with Crippen LogP contribution in [0.1, 0.15) is 35.1 Å². The third-order valence-corrected chi connectivity index (χ3v) is 3.93. The lowest BCUT2D eigenvalue weighted by atomic mass is 9.99. The molecule has 1 fully saturated rings. The molecule has 1 aliphatic heterocycles. The summed E-state index contributed by atoms with van der Waals surface area (Å²) in [5.74, 6) is -0.136. The SMILES string of the molecule is Cc1cc(C)c(/C=C(\C#N)C(=O)N2CCCC2)cc1C. The van der Waals surface area contributed by atoms with E-state index in [2.05, 4.69) is 19.1 Å². The number of rotatable bonds is 2. The molecule has 1 aliphatic rings. The zero-order valence-corrected chi connectivity index (χ0v) is 12.4. The quantitative estimate of drug-likeness (QED) is 0.611. The van der Waals surface area contributed by atoms with Crippen LogP contribution >= 0.6 is 0 Å². The van der Waals surface area contributed by atoms with Crippen LogP contribution in [0.25, 0.3) is 6.08 Å². The predicted molar refractivity (Wildman–Crippen MR) is 80.1 cm³/mol. The molecule has 104 valence electrons. The maximum absolute atomic E-state index is 12.3. The lowest BCUT2D eigenvalue weighted by molar-refractivity contribution is -0.125. The van der Waals surface area contributed by atoms with Gasteiger partial charge >= 0.3 is 0 Å². The monoisotopic (exact) mass is 268 g/mol. The van der Waals surface area contributed by atoms with Crippen molar-refractivity contribution in [2.45, 2.75) is 33.6 Å². The van der Waals surface area contributed by atoms with Crippen molar-refractivity contribution in [2.24, 2.45) is 0 Å². The van der Waals surface area contributed by atoms with Crippen LogP contribution in [-0.4, -0.2) is 23.9 Å². The Labute approximate surface area is 120 Å². The van der Waals surface area contributed by atoms with E-state index in [-0.39, 0.29) is 11.5 Å². The first-order valence-electron chi connectivity index (χ1n) is 7.02. The standard InChI is InChI=1S/C17H20N2O/c1-12-8-14(3)15(9-13(12)2)10-16(11-18)17(20)19-6-4-5-7-19/h8-10H,4-7H2,1-3H3/b16-10+. The van der Waals surface area contributed by atoms with E-state index >= 15 is 0 Å². The third kappa shape index (κ3) is 2.91. The molecule has 2 rings (SSSR count). The molecule has 1 saturated heterocycles. The van der Waals surface area contributed by atoms with Crippen LogP contribution < -0.4 is 0 Å². The highest BCUT2D eigenvalue weighted by molar-refractivity contribution is 6.02. The second kappa shape index (κ2) is 5.92. The Balaban J connectivity index is 2.34. The molecule has 0 bridgehead atoms. The van der Waals surface area contributed by atoms with Crippen LogP contribution in [0, 0.1) is 32.1 Å². The number of benzene rings is 1. The summed E-state index contributed by atoms with van der Waals surface area (Å²) in [6.45, 7) is 7.65. The van der Waals surface area contributed by atoms with Gasteiger partial charge < -0.3 is 4.90 Å². The molecule has 0 unspecified atom stereocenters. The number of nitrogens with zero attached hydrogens (tertiary/aromatic N) is 2. The summed E-state index contributed by atoms with van der Waals surface area (Å²) in [5.41, 5.74) is 4.68. The van der Waals surface area contributed by atoms with E-state index in [0.717, 1.165) is 37.1 Å². The van der Waals surface area contributed by atoms with Crippen molar-refractivity contribution in [3.8, 4) is 6.07 Å². The third-order valence-electron chi connectivity index (χ3n) is 3.93. The molecule has 0 atom stereocenters. The largest absolute Gasteiger partial charge is 0.338 e. The van der Waals surface area contributed by atoms with Crippen molar-refractivity contribution in [2.75, 3.05) is 13.1 Å². The molecule has 0 aromatic heterocycles. The average Bonchev–Trinajstić information content (AvgIpc) is 2.94. The molecule has 0 aliphatic carbocycles. The number of aryl methyl sites for hydroxylation is 3. The second-order valence-electron chi connectivity index (χ2n) is 5.46. The van der Waals surface area contributed by atoms with Crippen molar-refractivity contribution in [3.63, 3.8) is 0 Å².